The van der Waals surface area contributed by atoms with E-state index in [1.165, 1.54) is 30.9 Å². The maximum absolute atomic E-state index is 11.3. The summed E-state index contributed by atoms with van der Waals surface area (Å²) in [5.41, 5.74) is 7.85. The topological polar surface area (TPSA) is 149 Å². The molecule has 7 rings (SSSR count). The van der Waals surface area contributed by atoms with E-state index >= 15 is 0 Å². The Labute approximate surface area is 431 Å². The van der Waals surface area contributed by atoms with Crippen LogP contribution in [-0.2, 0) is 36.6 Å². The van der Waals surface area contributed by atoms with Crippen molar-refractivity contribution in [1.82, 2.24) is 10.2 Å². The number of unbranched alkanes of at least 4 members (excludes halogenated alkanes) is 10. The Morgan fingerprint density at radius 3 is 1.88 bits per heavy atom. The number of ether oxygens (including phenoxy) is 4. The molecule has 1 aromatic heterocycles. The van der Waals surface area contributed by atoms with E-state index in [4.69, 9.17) is 24.2 Å². The fourth-order valence-electron chi connectivity index (χ4n) is 7.56. The van der Waals surface area contributed by atoms with Crippen LogP contribution in [0, 0.1) is 23.2 Å². The maximum Gasteiger partial charge on any atom is 0.337 e. The van der Waals surface area contributed by atoms with Crippen LogP contribution < -0.4 is 4.74 Å². The van der Waals surface area contributed by atoms with Crippen LogP contribution in [0.5, 0.6) is 5.75 Å². The molecule has 11 nitrogen and oxygen atoms in total. The summed E-state index contributed by atoms with van der Waals surface area (Å²) < 4.78 is 20.8. The van der Waals surface area contributed by atoms with E-state index in [9.17, 15) is 9.59 Å². The lowest BCUT2D eigenvalue weighted by atomic mass is 10.0. The Hall–Kier alpha value is -7.73. The van der Waals surface area contributed by atoms with E-state index in [1.54, 1.807) is 6.21 Å². The third kappa shape index (κ3) is 21.3. The average Bonchev–Trinajstić information content (AvgIpc) is 4.29. The summed E-state index contributed by atoms with van der Waals surface area (Å²) in [6.07, 6.45) is 20.7. The fourth-order valence-corrected chi connectivity index (χ4v) is 7.56. The minimum absolute atomic E-state index is 0.212. The third-order valence-corrected chi connectivity index (χ3v) is 11.9. The Bertz CT molecular complexity index is 2800. The zero-order valence-electron chi connectivity index (χ0n) is 42.2. The minimum Gasteiger partial charge on any atom is -0.494 e. The second-order valence-corrected chi connectivity index (χ2v) is 17.8. The Kier molecular flexibility index (Phi) is 23.6. The number of aromatic nitrogens is 2. The number of benzene rings is 5. The lowest BCUT2D eigenvalue weighted by molar-refractivity contribution is -0.145. The quantitative estimate of drug-likeness (QED) is 0.0123. The van der Waals surface area contributed by atoms with Gasteiger partial charge in [-0.3, -0.25) is 4.99 Å². The monoisotopic (exact) mass is 978 g/mol. The first kappa shape index (κ1) is 54.6. The normalized spacial score (nSPS) is 12.6. The van der Waals surface area contributed by atoms with Gasteiger partial charge < -0.3 is 18.9 Å². The number of fused-ring (bicyclic) bond motifs is 1. The number of hydrogen-bond acceptors (Lipinski definition) is 11. The third-order valence-electron chi connectivity index (χ3n) is 11.9. The zero-order valence-corrected chi connectivity index (χ0v) is 42.2. The molecule has 0 radical (unpaired) electrons. The van der Waals surface area contributed by atoms with Gasteiger partial charge in [-0.2, -0.15) is 10.4 Å². The van der Waals surface area contributed by atoms with Crippen LogP contribution in [-0.4, -0.2) is 67.1 Å². The van der Waals surface area contributed by atoms with Crippen molar-refractivity contribution in [3.63, 3.8) is 0 Å². The smallest absolute Gasteiger partial charge is 0.337 e. The molecule has 1 aliphatic rings. The summed E-state index contributed by atoms with van der Waals surface area (Å²) in [4.78, 5) is 31.3. The van der Waals surface area contributed by atoms with E-state index in [2.05, 4.69) is 81.9 Å². The Morgan fingerprint density at radius 1 is 0.644 bits per heavy atom. The summed E-state index contributed by atoms with van der Waals surface area (Å²) in [5, 5.41) is 19.6. The number of esters is 2. The molecule has 5 aromatic carbocycles. The van der Waals surface area contributed by atoms with Gasteiger partial charge in [0.2, 0.25) is 0 Å². The molecular formula is C62H67N5O6. The number of epoxide rings is 1. The molecule has 73 heavy (non-hydrogen) atoms. The molecular weight excluding hydrogens is 911 g/mol. The molecule has 0 amide bonds. The van der Waals surface area contributed by atoms with Gasteiger partial charge in [0.15, 0.2) is 11.9 Å². The van der Waals surface area contributed by atoms with Crippen molar-refractivity contribution < 1.29 is 28.5 Å². The standard InChI is InChI=1S/C33H40N4O3.C29H27NO3/c1-3-5-9-12-30-19-22-32(37-36-30)35-26-28-15-13-27(14-16-28)25-34-29-17-20-31(21-18-29)39-23-10-7-6-8-11-24-40-33(38)4-2;30-20-25-14-16-26-18-24(13-15-27(26)19-25)12-11-23-9-7-22(8-10-23)6-4-2-1-3-5-17-32-29(31)28-21-33-28/h4,13-22,25-26H,2-3,5-12,23-24H2,1H3;7-10,13-16,18-19,28H,1-6,17,21H2. The van der Waals surface area contributed by atoms with Gasteiger partial charge in [-0.1, -0.05) is 125 Å². The predicted octanol–water partition coefficient (Wildman–Crippen LogP) is 13.3. The molecule has 11 heteroatoms. The number of carbonyl (C=O) groups excluding carboxylic acids is 2. The first-order valence-electron chi connectivity index (χ1n) is 25.7. The van der Waals surface area contributed by atoms with Gasteiger partial charge in [0.05, 0.1) is 49.4 Å². The van der Waals surface area contributed by atoms with Gasteiger partial charge in [0, 0.05) is 29.6 Å². The highest BCUT2D eigenvalue weighted by Gasteiger charge is 2.32. The number of aliphatic imine (C=N–C) groups is 2. The molecule has 0 spiro atoms. The summed E-state index contributed by atoms with van der Waals surface area (Å²) >= 11 is 0. The number of rotatable bonds is 27. The van der Waals surface area contributed by atoms with Crippen LogP contribution >= 0.6 is 0 Å². The first-order chi connectivity index (χ1) is 35.9. The van der Waals surface area contributed by atoms with Crippen LogP contribution in [0.3, 0.4) is 0 Å². The van der Waals surface area contributed by atoms with Crippen molar-refractivity contribution >= 4 is 46.6 Å². The summed E-state index contributed by atoms with van der Waals surface area (Å²) in [6, 6.07) is 42.2. The molecule has 1 fully saturated rings. The molecule has 0 bridgehead atoms. The second-order valence-electron chi connectivity index (χ2n) is 17.8. The van der Waals surface area contributed by atoms with E-state index in [-0.39, 0.29) is 18.0 Å². The van der Waals surface area contributed by atoms with Gasteiger partial charge >= 0.3 is 11.9 Å². The zero-order chi connectivity index (χ0) is 51.1. The van der Waals surface area contributed by atoms with Gasteiger partial charge in [-0.15, -0.1) is 5.10 Å². The SMILES string of the molecule is C=CC(=O)OCCCCCCCOc1ccc(N=Cc2ccc(C=Nc3ccc(CCCCC)nn3)cc2)cc1.N#Cc1ccc2cc(C#Cc3ccc(CCCCCCCOC(=O)C4CO4)cc3)ccc2c1. The second kappa shape index (κ2) is 31.6. The van der Waals surface area contributed by atoms with Crippen LogP contribution in [0.1, 0.15) is 129 Å². The van der Waals surface area contributed by atoms with Crippen LogP contribution in [0.15, 0.2) is 144 Å². The van der Waals surface area contributed by atoms with Crippen molar-refractivity contribution in [1.29, 1.82) is 5.26 Å². The van der Waals surface area contributed by atoms with Crippen molar-refractivity contribution in [2.75, 3.05) is 26.4 Å². The Balaban J connectivity index is 0.000000242. The molecule has 1 aliphatic heterocycles. The molecule has 2 heterocycles. The van der Waals surface area contributed by atoms with Crippen molar-refractivity contribution in [2.45, 2.75) is 109 Å². The molecule has 6 aromatic rings. The van der Waals surface area contributed by atoms with Crippen molar-refractivity contribution in [2.24, 2.45) is 9.98 Å². The molecule has 1 atom stereocenters. The van der Waals surface area contributed by atoms with Gasteiger partial charge in [-0.05, 0) is 145 Å². The minimum atomic E-state index is -0.355. The van der Waals surface area contributed by atoms with E-state index in [0.29, 0.717) is 37.8 Å². The lowest BCUT2D eigenvalue weighted by Gasteiger charge is -2.06. The van der Waals surface area contributed by atoms with E-state index in [0.717, 1.165) is 127 Å². The van der Waals surface area contributed by atoms with Gasteiger partial charge in [-0.25, -0.2) is 14.6 Å². The number of nitrogens with zero attached hydrogens (tertiary/aromatic N) is 5. The molecule has 1 unspecified atom stereocenters. The summed E-state index contributed by atoms with van der Waals surface area (Å²) in [5.74, 6) is 7.37. The molecule has 1 saturated heterocycles. The molecule has 0 saturated carbocycles. The largest absolute Gasteiger partial charge is 0.494 e. The van der Waals surface area contributed by atoms with E-state index in [1.807, 2.05) is 97.2 Å². The van der Waals surface area contributed by atoms with Crippen molar-refractivity contribution in [3.05, 3.63) is 173 Å². The average molecular weight is 978 g/mol. The number of carbonyl (C=O) groups is 2. The number of aryl methyl sites for hydroxylation is 2. The predicted molar refractivity (Wildman–Crippen MR) is 291 cm³/mol. The summed E-state index contributed by atoms with van der Waals surface area (Å²) in [6.45, 7) is 7.74. The molecule has 0 aliphatic carbocycles. The van der Waals surface area contributed by atoms with Crippen LogP contribution in [0.4, 0.5) is 11.5 Å². The van der Waals surface area contributed by atoms with Gasteiger partial charge in [0.1, 0.15) is 5.75 Å². The number of hydrogen-bond donors (Lipinski definition) is 0. The molecule has 0 N–H and O–H groups in total. The summed E-state index contributed by atoms with van der Waals surface area (Å²) in [7, 11) is 0. The van der Waals surface area contributed by atoms with Crippen LogP contribution in [0.25, 0.3) is 10.8 Å². The maximum atomic E-state index is 11.3. The highest BCUT2D eigenvalue weighted by atomic mass is 16.6. The fraction of sp³-hybridized carbons (Fsp3) is 0.339. The highest BCUT2D eigenvalue weighted by molar-refractivity contribution is 5.86. The van der Waals surface area contributed by atoms with Gasteiger partial charge in [0.25, 0.3) is 0 Å². The Morgan fingerprint density at radius 2 is 1.23 bits per heavy atom. The molecule has 376 valence electrons. The first-order valence-corrected chi connectivity index (χ1v) is 25.7. The van der Waals surface area contributed by atoms with Crippen LogP contribution in [0.2, 0.25) is 0 Å². The van der Waals surface area contributed by atoms with Crippen molar-refractivity contribution in [3.8, 4) is 23.7 Å². The lowest BCUT2D eigenvalue weighted by Crippen LogP contribution is -2.12. The van der Waals surface area contributed by atoms with E-state index < -0.39 is 0 Å². The highest BCUT2D eigenvalue weighted by Crippen LogP contribution is 2.21. The number of nitriles is 1.